The first-order valence-corrected chi connectivity index (χ1v) is 6.34. The molecule has 0 aliphatic heterocycles. The van der Waals surface area contributed by atoms with Gasteiger partial charge in [0, 0.05) is 12.7 Å². The lowest BCUT2D eigenvalue weighted by molar-refractivity contribution is 0.350. The summed E-state index contributed by atoms with van der Waals surface area (Å²) in [6.07, 6.45) is 3.57. The minimum absolute atomic E-state index is 0.0309. The van der Waals surface area contributed by atoms with Crippen molar-refractivity contribution in [3.05, 3.63) is 12.4 Å². The van der Waals surface area contributed by atoms with Gasteiger partial charge in [-0.3, -0.25) is 5.10 Å². The molecule has 0 saturated heterocycles. The van der Waals surface area contributed by atoms with Gasteiger partial charge in [-0.25, -0.2) is 13.1 Å². The average Bonchev–Trinajstić information content (AvgIpc) is 2.69. The van der Waals surface area contributed by atoms with Gasteiger partial charge in [0.25, 0.3) is 0 Å². The number of H-pyrrole nitrogens is 1. The lowest BCUT2D eigenvalue weighted by Gasteiger charge is -2.22. The molecule has 6 heteroatoms. The van der Waals surface area contributed by atoms with E-state index in [4.69, 9.17) is 0 Å². The Morgan fingerprint density at radius 3 is 2.67 bits per heavy atom. The van der Waals surface area contributed by atoms with Crippen LogP contribution in [0.4, 0.5) is 0 Å². The summed E-state index contributed by atoms with van der Waals surface area (Å²) >= 11 is 0. The minimum atomic E-state index is -3.40. The van der Waals surface area contributed by atoms with E-state index in [1.807, 2.05) is 20.8 Å². The van der Waals surface area contributed by atoms with E-state index in [0.29, 0.717) is 6.54 Å². The molecule has 86 valence electrons. The monoisotopic (exact) mass is 231 g/mol. The second-order valence-electron chi connectivity index (χ2n) is 4.28. The largest absolute Gasteiger partial charge is 0.284 e. The number of sulfonamides is 1. The maximum absolute atomic E-state index is 11.7. The zero-order chi connectivity index (χ0) is 11.5. The highest BCUT2D eigenvalue weighted by Gasteiger charge is 2.21. The van der Waals surface area contributed by atoms with E-state index >= 15 is 0 Å². The molecule has 1 rings (SSSR count). The van der Waals surface area contributed by atoms with Gasteiger partial charge >= 0.3 is 0 Å². The number of nitrogens with zero attached hydrogens (tertiary/aromatic N) is 1. The number of nitrogens with one attached hydrogen (secondary N) is 2. The molecular formula is C9H17N3O2S. The van der Waals surface area contributed by atoms with E-state index in [2.05, 4.69) is 14.9 Å². The first-order chi connectivity index (χ1) is 6.87. The highest BCUT2D eigenvalue weighted by atomic mass is 32.2. The maximum Gasteiger partial charge on any atom is 0.243 e. The summed E-state index contributed by atoms with van der Waals surface area (Å²) in [7, 11) is -3.40. The normalized spacial score (nSPS) is 13.0. The van der Waals surface area contributed by atoms with Crippen molar-refractivity contribution in [2.24, 2.45) is 5.41 Å². The Hall–Kier alpha value is -0.880. The van der Waals surface area contributed by atoms with Crippen molar-refractivity contribution >= 4 is 10.0 Å². The smallest absolute Gasteiger partial charge is 0.243 e. The Morgan fingerprint density at radius 1 is 1.53 bits per heavy atom. The molecule has 0 aliphatic carbocycles. The van der Waals surface area contributed by atoms with Gasteiger partial charge in [-0.15, -0.1) is 0 Å². The van der Waals surface area contributed by atoms with Crippen LogP contribution in [0.25, 0.3) is 0 Å². The SMILES string of the molecule is CCC(C)(C)CNS(=O)(=O)c1cn[nH]c1. The molecule has 15 heavy (non-hydrogen) atoms. The second-order valence-corrected chi connectivity index (χ2v) is 6.04. The third kappa shape index (κ3) is 3.32. The molecule has 0 atom stereocenters. The molecule has 0 amide bonds. The zero-order valence-electron chi connectivity index (χ0n) is 9.24. The summed E-state index contributed by atoms with van der Waals surface area (Å²) < 4.78 is 25.9. The highest BCUT2D eigenvalue weighted by molar-refractivity contribution is 7.89. The fraction of sp³-hybridized carbons (Fsp3) is 0.667. The quantitative estimate of drug-likeness (QED) is 0.797. The van der Waals surface area contributed by atoms with Crippen LogP contribution >= 0.6 is 0 Å². The van der Waals surface area contributed by atoms with Crippen LogP contribution < -0.4 is 4.72 Å². The summed E-state index contributed by atoms with van der Waals surface area (Å²) in [4.78, 5) is 0.175. The van der Waals surface area contributed by atoms with Gasteiger partial charge in [0.1, 0.15) is 4.90 Å². The van der Waals surface area contributed by atoms with Gasteiger partial charge in [0.15, 0.2) is 0 Å². The molecule has 0 fully saturated rings. The van der Waals surface area contributed by atoms with E-state index in [-0.39, 0.29) is 10.3 Å². The van der Waals surface area contributed by atoms with Crippen molar-refractivity contribution in [3.8, 4) is 0 Å². The molecule has 0 aromatic carbocycles. The van der Waals surface area contributed by atoms with Gasteiger partial charge in [0.2, 0.25) is 10.0 Å². The zero-order valence-corrected chi connectivity index (χ0v) is 10.1. The van der Waals surface area contributed by atoms with Gasteiger partial charge in [0.05, 0.1) is 6.20 Å². The fourth-order valence-electron chi connectivity index (χ4n) is 0.885. The van der Waals surface area contributed by atoms with Gasteiger partial charge < -0.3 is 0 Å². The number of aromatic nitrogens is 2. The second kappa shape index (κ2) is 4.32. The summed E-state index contributed by atoms with van der Waals surface area (Å²) in [5.41, 5.74) is -0.0309. The summed E-state index contributed by atoms with van der Waals surface area (Å²) in [6.45, 7) is 6.50. The van der Waals surface area contributed by atoms with Gasteiger partial charge in [-0.1, -0.05) is 20.8 Å². The molecule has 1 aromatic heterocycles. The van der Waals surface area contributed by atoms with Crippen LogP contribution in [-0.2, 0) is 10.0 Å². The molecule has 2 N–H and O–H groups in total. The van der Waals surface area contributed by atoms with Crippen LogP contribution in [0.3, 0.4) is 0 Å². The maximum atomic E-state index is 11.7. The van der Waals surface area contributed by atoms with Crippen LogP contribution in [0.1, 0.15) is 27.2 Å². The standard InChI is InChI=1S/C9H17N3O2S/c1-4-9(2,3)7-12-15(13,14)8-5-10-11-6-8/h5-6,12H,4,7H2,1-3H3,(H,10,11). The lowest BCUT2D eigenvalue weighted by atomic mass is 9.91. The Balaban J connectivity index is 2.67. The molecule has 0 radical (unpaired) electrons. The van der Waals surface area contributed by atoms with Crippen molar-refractivity contribution in [3.63, 3.8) is 0 Å². The Kier molecular flexibility index (Phi) is 3.51. The molecule has 1 heterocycles. The topological polar surface area (TPSA) is 74.8 Å². The van der Waals surface area contributed by atoms with Crippen LogP contribution in [-0.4, -0.2) is 25.2 Å². The predicted octanol–water partition coefficient (Wildman–Crippen LogP) is 1.12. The molecule has 0 unspecified atom stereocenters. The van der Waals surface area contributed by atoms with Crippen molar-refractivity contribution in [1.29, 1.82) is 0 Å². The van der Waals surface area contributed by atoms with Crippen molar-refractivity contribution in [1.82, 2.24) is 14.9 Å². The molecule has 5 nitrogen and oxygen atoms in total. The van der Waals surface area contributed by atoms with Crippen molar-refractivity contribution in [2.75, 3.05) is 6.54 Å². The van der Waals surface area contributed by atoms with Gasteiger partial charge in [-0.05, 0) is 11.8 Å². The molecule has 0 bridgehead atoms. The molecular weight excluding hydrogens is 214 g/mol. The van der Waals surface area contributed by atoms with Gasteiger partial charge in [-0.2, -0.15) is 5.10 Å². The van der Waals surface area contributed by atoms with Crippen LogP contribution in [0, 0.1) is 5.41 Å². The number of aromatic amines is 1. The lowest BCUT2D eigenvalue weighted by Crippen LogP contribution is -2.33. The predicted molar refractivity (Wildman–Crippen MR) is 57.8 cm³/mol. The molecule has 0 spiro atoms. The Bertz CT molecular complexity index is 395. The molecule has 1 aromatic rings. The summed E-state index contributed by atoms with van der Waals surface area (Å²) in [6, 6.07) is 0. The first-order valence-electron chi connectivity index (χ1n) is 4.86. The Morgan fingerprint density at radius 2 is 2.20 bits per heavy atom. The molecule has 0 aliphatic rings. The number of hydrogen-bond donors (Lipinski definition) is 2. The first kappa shape index (κ1) is 12.2. The van der Waals surface area contributed by atoms with E-state index < -0.39 is 10.0 Å². The highest BCUT2D eigenvalue weighted by Crippen LogP contribution is 2.18. The van der Waals surface area contributed by atoms with Crippen LogP contribution in [0.5, 0.6) is 0 Å². The number of rotatable bonds is 5. The van der Waals surface area contributed by atoms with Crippen LogP contribution in [0.2, 0.25) is 0 Å². The van der Waals surface area contributed by atoms with Crippen molar-refractivity contribution < 1.29 is 8.42 Å². The Labute approximate surface area is 90.3 Å². The fourth-order valence-corrected chi connectivity index (χ4v) is 2.03. The van der Waals surface area contributed by atoms with E-state index in [1.165, 1.54) is 12.4 Å². The molecule has 0 saturated carbocycles. The van der Waals surface area contributed by atoms with E-state index in [0.717, 1.165) is 6.42 Å². The summed E-state index contributed by atoms with van der Waals surface area (Å²) in [5, 5.41) is 6.09. The van der Waals surface area contributed by atoms with E-state index in [9.17, 15) is 8.42 Å². The average molecular weight is 231 g/mol. The van der Waals surface area contributed by atoms with Crippen molar-refractivity contribution in [2.45, 2.75) is 32.1 Å². The van der Waals surface area contributed by atoms with Crippen LogP contribution in [0.15, 0.2) is 17.3 Å². The summed E-state index contributed by atoms with van der Waals surface area (Å²) in [5.74, 6) is 0. The minimum Gasteiger partial charge on any atom is -0.284 e. The van der Waals surface area contributed by atoms with E-state index in [1.54, 1.807) is 0 Å². The number of hydrogen-bond acceptors (Lipinski definition) is 3. The third-order valence-electron chi connectivity index (χ3n) is 2.48. The third-order valence-corrected chi connectivity index (χ3v) is 3.85.